The highest BCUT2D eigenvalue weighted by molar-refractivity contribution is 5.91. The average molecular weight is 387 g/mol. The second-order valence-electron chi connectivity index (χ2n) is 6.47. The van der Waals surface area contributed by atoms with Gasteiger partial charge in [0.2, 0.25) is 0 Å². The number of ether oxygens (including phenoxy) is 3. The summed E-state index contributed by atoms with van der Waals surface area (Å²) < 4.78 is 30.1. The van der Waals surface area contributed by atoms with Crippen molar-refractivity contribution in [1.29, 1.82) is 0 Å². The fourth-order valence-electron chi connectivity index (χ4n) is 2.83. The SMILES string of the molecule is CCN(CC1COc2ccccc2O1)C(=O)COC(=O)c1ccc(C)c(F)c1. The van der Waals surface area contributed by atoms with Gasteiger partial charge in [-0.3, -0.25) is 4.79 Å². The smallest absolute Gasteiger partial charge is 0.338 e. The van der Waals surface area contributed by atoms with Gasteiger partial charge in [0, 0.05) is 6.54 Å². The fraction of sp³-hybridized carbons (Fsp3) is 0.333. The number of carbonyl (C=O) groups excluding carboxylic acids is 2. The number of likely N-dealkylation sites (N-methyl/N-ethyl adjacent to an activating group) is 1. The summed E-state index contributed by atoms with van der Waals surface area (Å²) in [5.41, 5.74) is 0.501. The molecule has 0 N–H and O–H groups in total. The van der Waals surface area contributed by atoms with Gasteiger partial charge in [-0.15, -0.1) is 0 Å². The predicted molar refractivity (Wildman–Crippen MR) is 100 cm³/mol. The number of esters is 1. The van der Waals surface area contributed by atoms with E-state index >= 15 is 0 Å². The number of fused-ring (bicyclic) bond motifs is 1. The molecule has 0 bridgehead atoms. The Labute approximate surface area is 162 Å². The summed E-state index contributed by atoms with van der Waals surface area (Å²) in [6.45, 7) is 4.06. The number of hydrogen-bond acceptors (Lipinski definition) is 5. The number of para-hydroxylation sites is 2. The Morgan fingerprint density at radius 2 is 1.96 bits per heavy atom. The Morgan fingerprint density at radius 3 is 2.68 bits per heavy atom. The molecule has 2 aromatic carbocycles. The van der Waals surface area contributed by atoms with Gasteiger partial charge in [-0.25, -0.2) is 9.18 Å². The number of hydrogen-bond donors (Lipinski definition) is 0. The van der Waals surface area contributed by atoms with E-state index < -0.39 is 18.4 Å². The lowest BCUT2D eigenvalue weighted by molar-refractivity contribution is -0.135. The van der Waals surface area contributed by atoms with Gasteiger partial charge in [-0.05, 0) is 43.7 Å². The van der Waals surface area contributed by atoms with Gasteiger partial charge in [0.1, 0.15) is 12.4 Å². The van der Waals surface area contributed by atoms with Crippen molar-refractivity contribution in [3.8, 4) is 11.5 Å². The van der Waals surface area contributed by atoms with E-state index in [-0.39, 0.29) is 17.6 Å². The first-order chi connectivity index (χ1) is 13.5. The topological polar surface area (TPSA) is 65.1 Å². The van der Waals surface area contributed by atoms with Crippen molar-refractivity contribution in [3.63, 3.8) is 0 Å². The van der Waals surface area contributed by atoms with E-state index in [0.717, 1.165) is 6.07 Å². The van der Waals surface area contributed by atoms with Crippen LogP contribution in [0, 0.1) is 12.7 Å². The van der Waals surface area contributed by atoms with Gasteiger partial charge < -0.3 is 19.1 Å². The second kappa shape index (κ2) is 8.73. The van der Waals surface area contributed by atoms with Crippen molar-refractivity contribution in [2.24, 2.45) is 0 Å². The lowest BCUT2D eigenvalue weighted by Crippen LogP contribution is -2.45. The Kier molecular flexibility index (Phi) is 6.13. The zero-order valence-electron chi connectivity index (χ0n) is 15.8. The first-order valence-electron chi connectivity index (χ1n) is 9.07. The lowest BCUT2D eigenvalue weighted by atomic mass is 10.1. The third kappa shape index (κ3) is 4.60. The van der Waals surface area contributed by atoms with E-state index in [1.807, 2.05) is 31.2 Å². The number of nitrogens with zero attached hydrogens (tertiary/aromatic N) is 1. The molecule has 6 nitrogen and oxygen atoms in total. The first-order valence-corrected chi connectivity index (χ1v) is 9.07. The van der Waals surface area contributed by atoms with Crippen molar-refractivity contribution in [1.82, 2.24) is 4.90 Å². The lowest BCUT2D eigenvalue weighted by Gasteiger charge is -2.30. The molecule has 2 aromatic rings. The zero-order valence-corrected chi connectivity index (χ0v) is 15.8. The normalized spacial score (nSPS) is 15.0. The average Bonchev–Trinajstić information content (AvgIpc) is 2.71. The number of benzene rings is 2. The van der Waals surface area contributed by atoms with Crippen molar-refractivity contribution in [2.75, 3.05) is 26.3 Å². The van der Waals surface area contributed by atoms with Crippen LogP contribution in [0.2, 0.25) is 0 Å². The van der Waals surface area contributed by atoms with E-state index in [2.05, 4.69) is 0 Å². The maximum atomic E-state index is 13.6. The molecule has 148 valence electrons. The van der Waals surface area contributed by atoms with Gasteiger partial charge in [0.25, 0.3) is 5.91 Å². The molecule has 7 heteroatoms. The van der Waals surface area contributed by atoms with Crippen molar-refractivity contribution >= 4 is 11.9 Å². The van der Waals surface area contributed by atoms with E-state index in [4.69, 9.17) is 14.2 Å². The van der Waals surface area contributed by atoms with Gasteiger partial charge in [-0.2, -0.15) is 0 Å². The Hall–Kier alpha value is -3.09. The molecule has 0 aromatic heterocycles. The number of amides is 1. The minimum Gasteiger partial charge on any atom is -0.486 e. The van der Waals surface area contributed by atoms with Crippen LogP contribution in [0.1, 0.15) is 22.8 Å². The van der Waals surface area contributed by atoms with Crippen LogP contribution >= 0.6 is 0 Å². The summed E-state index contributed by atoms with van der Waals surface area (Å²) in [5.74, 6) is -0.284. The molecule has 0 aliphatic carbocycles. The van der Waals surface area contributed by atoms with E-state index in [1.54, 1.807) is 6.92 Å². The third-order valence-electron chi connectivity index (χ3n) is 4.46. The predicted octanol–water partition coefficient (Wildman–Crippen LogP) is 2.98. The van der Waals surface area contributed by atoms with Crippen LogP contribution in [0.25, 0.3) is 0 Å². The molecule has 1 aliphatic heterocycles. The molecule has 1 heterocycles. The van der Waals surface area contributed by atoms with Gasteiger partial charge in [0.15, 0.2) is 24.2 Å². The summed E-state index contributed by atoms with van der Waals surface area (Å²) in [5, 5.41) is 0. The highest BCUT2D eigenvalue weighted by atomic mass is 19.1. The van der Waals surface area contributed by atoms with Crippen LogP contribution in [-0.2, 0) is 9.53 Å². The molecule has 3 rings (SSSR count). The molecule has 1 amide bonds. The Balaban J connectivity index is 1.53. The minimum absolute atomic E-state index is 0.0690. The van der Waals surface area contributed by atoms with Crippen LogP contribution in [0.3, 0.4) is 0 Å². The van der Waals surface area contributed by atoms with Crippen molar-refractivity contribution in [2.45, 2.75) is 20.0 Å². The van der Waals surface area contributed by atoms with Crippen LogP contribution < -0.4 is 9.47 Å². The first kappa shape index (κ1) is 19.7. The molecule has 28 heavy (non-hydrogen) atoms. The number of aryl methyl sites for hydroxylation is 1. The Bertz CT molecular complexity index is 870. The molecular weight excluding hydrogens is 365 g/mol. The molecular formula is C21H22FNO5. The molecule has 0 fully saturated rings. The molecule has 0 saturated carbocycles. The molecule has 0 radical (unpaired) electrons. The highest BCUT2D eigenvalue weighted by Crippen LogP contribution is 2.31. The van der Waals surface area contributed by atoms with E-state index in [9.17, 15) is 14.0 Å². The van der Waals surface area contributed by atoms with Crippen molar-refractivity contribution in [3.05, 3.63) is 59.4 Å². The number of carbonyl (C=O) groups is 2. The summed E-state index contributed by atoms with van der Waals surface area (Å²) in [6.07, 6.45) is -0.319. The number of halogens is 1. The quantitative estimate of drug-likeness (QED) is 0.713. The van der Waals surface area contributed by atoms with Crippen LogP contribution in [-0.4, -0.2) is 49.2 Å². The molecule has 1 aliphatic rings. The zero-order chi connectivity index (χ0) is 20.1. The van der Waals surface area contributed by atoms with Crippen LogP contribution in [0.15, 0.2) is 42.5 Å². The monoisotopic (exact) mass is 387 g/mol. The van der Waals surface area contributed by atoms with Crippen LogP contribution in [0.5, 0.6) is 11.5 Å². The summed E-state index contributed by atoms with van der Waals surface area (Å²) in [7, 11) is 0. The van der Waals surface area contributed by atoms with E-state index in [0.29, 0.717) is 36.8 Å². The third-order valence-corrected chi connectivity index (χ3v) is 4.46. The molecule has 0 spiro atoms. The summed E-state index contributed by atoms with van der Waals surface area (Å²) in [6, 6.07) is 11.4. The van der Waals surface area contributed by atoms with Gasteiger partial charge in [0.05, 0.1) is 12.1 Å². The summed E-state index contributed by atoms with van der Waals surface area (Å²) >= 11 is 0. The highest BCUT2D eigenvalue weighted by Gasteiger charge is 2.25. The summed E-state index contributed by atoms with van der Waals surface area (Å²) in [4.78, 5) is 26.0. The molecule has 0 saturated heterocycles. The van der Waals surface area contributed by atoms with Crippen molar-refractivity contribution < 1.29 is 28.2 Å². The van der Waals surface area contributed by atoms with Crippen LogP contribution in [0.4, 0.5) is 4.39 Å². The maximum absolute atomic E-state index is 13.6. The number of rotatable bonds is 6. The van der Waals surface area contributed by atoms with E-state index in [1.165, 1.54) is 17.0 Å². The van der Waals surface area contributed by atoms with Gasteiger partial charge in [-0.1, -0.05) is 18.2 Å². The minimum atomic E-state index is -0.741. The second-order valence-corrected chi connectivity index (χ2v) is 6.47. The Morgan fingerprint density at radius 1 is 1.21 bits per heavy atom. The molecule has 1 unspecified atom stereocenters. The molecule has 1 atom stereocenters. The van der Waals surface area contributed by atoms with Gasteiger partial charge >= 0.3 is 5.97 Å². The standard InChI is InChI=1S/C21H22FNO5/c1-3-23(11-16-12-26-18-6-4-5-7-19(18)28-16)20(24)13-27-21(25)15-9-8-14(2)17(22)10-15/h4-10,16H,3,11-13H2,1-2H3. The maximum Gasteiger partial charge on any atom is 0.338 e. The fourth-order valence-corrected chi connectivity index (χ4v) is 2.83. The largest absolute Gasteiger partial charge is 0.486 e.